The maximum atomic E-state index is 13.1. The molecule has 3 rings (SSSR count). The zero-order valence-electron chi connectivity index (χ0n) is 14.0. The van der Waals surface area contributed by atoms with Gasteiger partial charge in [0.1, 0.15) is 5.82 Å². The smallest absolute Gasteiger partial charge is 0.285 e. The van der Waals surface area contributed by atoms with Crippen LogP contribution in [0.3, 0.4) is 0 Å². The fourth-order valence-corrected chi connectivity index (χ4v) is 4.70. The third kappa shape index (κ3) is 4.04. The lowest BCUT2D eigenvalue weighted by molar-refractivity contribution is -0.384. The summed E-state index contributed by atoms with van der Waals surface area (Å²) in [5, 5.41) is 11.0. The van der Waals surface area contributed by atoms with Crippen molar-refractivity contribution < 1.29 is 22.5 Å². The number of hydrogen-bond acceptors (Lipinski definition) is 6. The van der Waals surface area contributed by atoms with Crippen molar-refractivity contribution in [1.29, 1.82) is 0 Å². The zero-order valence-corrected chi connectivity index (χ0v) is 15.7. The summed E-state index contributed by atoms with van der Waals surface area (Å²) in [5.74, 6) is -0.557. The molecule has 0 aliphatic rings. The summed E-state index contributed by atoms with van der Waals surface area (Å²) in [5.41, 5.74) is 0.506. The van der Waals surface area contributed by atoms with E-state index >= 15 is 0 Å². The molecule has 8 nitrogen and oxygen atoms in total. The largest absolute Gasteiger partial charge is 0.383 e. The first-order chi connectivity index (χ1) is 12.8. The van der Waals surface area contributed by atoms with Crippen molar-refractivity contribution in [1.82, 2.24) is 4.57 Å². The van der Waals surface area contributed by atoms with Gasteiger partial charge in [-0.05, 0) is 30.3 Å². The van der Waals surface area contributed by atoms with Crippen molar-refractivity contribution in [2.45, 2.75) is 11.4 Å². The fourth-order valence-electron chi connectivity index (χ4n) is 2.41. The number of non-ortho nitro benzene ring substituents is 1. The molecule has 0 atom stereocenters. The molecular formula is C16H14FN3O5S2. The normalized spacial score (nSPS) is 12.6. The van der Waals surface area contributed by atoms with Gasteiger partial charge in [0.15, 0.2) is 0 Å². The highest BCUT2D eigenvalue weighted by atomic mass is 32.2. The van der Waals surface area contributed by atoms with E-state index in [1.165, 1.54) is 19.2 Å². The van der Waals surface area contributed by atoms with Gasteiger partial charge in [0.25, 0.3) is 15.7 Å². The van der Waals surface area contributed by atoms with Crippen LogP contribution in [0.5, 0.6) is 0 Å². The summed E-state index contributed by atoms with van der Waals surface area (Å²) < 4.78 is 49.2. The number of aromatic nitrogens is 1. The lowest BCUT2D eigenvalue weighted by Crippen LogP contribution is -2.19. The molecule has 2 aromatic carbocycles. The molecule has 0 aliphatic heterocycles. The van der Waals surface area contributed by atoms with Crippen LogP contribution >= 0.6 is 11.3 Å². The summed E-state index contributed by atoms with van der Waals surface area (Å²) in [6.45, 7) is 0.610. The Morgan fingerprint density at radius 2 is 1.96 bits per heavy atom. The summed E-state index contributed by atoms with van der Waals surface area (Å²) in [6, 6.07) is 8.59. The Bertz CT molecular complexity index is 1170. The van der Waals surface area contributed by atoms with E-state index in [-0.39, 0.29) is 15.4 Å². The van der Waals surface area contributed by atoms with E-state index in [0.717, 1.165) is 35.6 Å². The first-order valence-corrected chi connectivity index (χ1v) is 9.91. The van der Waals surface area contributed by atoms with E-state index in [1.54, 1.807) is 10.6 Å². The van der Waals surface area contributed by atoms with Crippen LogP contribution in [-0.4, -0.2) is 31.6 Å². The van der Waals surface area contributed by atoms with Crippen molar-refractivity contribution in [3.05, 3.63) is 63.2 Å². The number of hydrogen-bond donors (Lipinski definition) is 0. The minimum Gasteiger partial charge on any atom is -0.383 e. The van der Waals surface area contributed by atoms with Gasteiger partial charge in [0.2, 0.25) is 4.80 Å². The number of nitro benzene ring substituents is 1. The number of sulfonamides is 1. The molecule has 0 fully saturated rings. The molecular weight excluding hydrogens is 397 g/mol. The summed E-state index contributed by atoms with van der Waals surface area (Å²) >= 11 is 1.01. The number of halogens is 1. The van der Waals surface area contributed by atoms with Crippen molar-refractivity contribution in [2.24, 2.45) is 4.40 Å². The Kier molecular flexibility index (Phi) is 5.35. The Hall–Kier alpha value is -2.63. The van der Waals surface area contributed by atoms with Gasteiger partial charge < -0.3 is 9.30 Å². The summed E-state index contributed by atoms with van der Waals surface area (Å²) in [4.78, 5) is 10.5. The topological polar surface area (TPSA) is 104 Å². The van der Waals surface area contributed by atoms with Crippen LogP contribution in [0.1, 0.15) is 0 Å². The lowest BCUT2D eigenvalue weighted by Gasteiger charge is -2.04. The molecule has 0 spiro atoms. The number of thiazole rings is 1. The number of rotatable bonds is 6. The number of fused-ring (bicyclic) bond motifs is 1. The average molecular weight is 411 g/mol. The second-order valence-corrected chi connectivity index (χ2v) is 8.07. The molecule has 0 aliphatic carbocycles. The van der Waals surface area contributed by atoms with Crippen LogP contribution < -0.4 is 4.80 Å². The van der Waals surface area contributed by atoms with Gasteiger partial charge in [0.05, 0.1) is 26.6 Å². The Balaban J connectivity index is 2.20. The molecule has 1 aromatic heterocycles. The third-order valence-electron chi connectivity index (χ3n) is 3.71. The molecule has 142 valence electrons. The van der Waals surface area contributed by atoms with E-state index in [1.807, 2.05) is 0 Å². The SMILES string of the molecule is COCCn1/c(=N/S(=O)(=O)c2ccc(F)cc2)sc2cc([N+](=O)[O-])ccc21. The van der Waals surface area contributed by atoms with Crippen molar-refractivity contribution in [3.8, 4) is 0 Å². The maximum Gasteiger partial charge on any atom is 0.285 e. The molecule has 0 amide bonds. The number of ether oxygens (including phenoxy) is 1. The summed E-state index contributed by atoms with van der Waals surface area (Å²) in [7, 11) is -2.57. The Morgan fingerprint density at radius 1 is 1.26 bits per heavy atom. The van der Waals surface area contributed by atoms with Crippen molar-refractivity contribution >= 4 is 37.3 Å². The molecule has 1 heterocycles. The van der Waals surface area contributed by atoms with Crippen LogP contribution in [0.4, 0.5) is 10.1 Å². The van der Waals surface area contributed by atoms with E-state index in [9.17, 15) is 22.9 Å². The molecule has 27 heavy (non-hydrogen) atoms. The minimum atomic E-state index is -4.08. The highest BCUT2D eigenvalue weighted by Crippen LogP contribution is 2.24. The fraction of sp³-hybridized carbons (Fsp3) is 0.188. The van der Waals surface area contributed by atoms with Crippen molar-refractivity contribution in [3.63, 3.8) is 0 Å². The van der Waals surface area contributed by atoms with E-state index < -0.39 is 20.8 Å². The monoisotopic (exact) mass is 411 g/mol. The zero-order chi connectivity index (χ0) is 19.6. The molecule has 3 aromatic rings. The molecule has 0 radical (unpaired) electrons. The van der Waals surface area contributed by atoms with Gasteiger partial charge in [-0.15, -0.1) is 4.40 Å². The maximum absolute atomic E-state index is 13.1. The van der Waals surface area contributed by atoms with Gasteiger partial charge in [-0.1, -0.05) is 11.3 Å². The predicted molar refractivity (Wildman–Crippen MR) is 97.5 cm³/mol. The van der Waals surface area contributed by atoms with Gasteiger partial charge in [-0.25, -0.2) is 4.39 Å². The minimum absolute atomic E-state index is 0.101. The standard InChI is InChI=1S/C16H14FN3O5S2/c1-25-9-8-19-14-7-4-12(20(21)22)10-15(14)26-16(19)18-27(23,24)13-5-2-11(17)3-6-13/h2-7,10H,8-9H2,1H3/b18-16-. The van der Waals surface area contributed by atoms with E-state index in [2.05, 4.69) is 4.40 Å². The number of methoxy groups -OCH3 is 1. The predicted octanol–water partition coefficient (Wildman–Crippen LogP) is 2.69. The number of nitro groups is 1. The summed E-state index contributed by atoms with van der Waals surface area (Å²) in [6.07, 6.45) is 0. The molecule has 0 bridgehead atoms. The molecule has 11 heteroatoms. The van der Waals surface area contributed by atoms with Gasteiger partial charge in [0, 0.05) is 25.8 Å². The number of nitrogens with zero attached hydrogens (tertiary/aromatic N) is 3. The molecule has 0 saturated carbocycles. The quantitative estimate of drug-likeness (QED) is 0.458. The highest BCUT2D eigenvalue weighted by molar-refractivity contribution is 7.90. The Morgan fingerprint density at radius 3 is 2.59 bits per heavy atom. The second kappa shape index (κ2) is 7.55. The average Bonchev–Trinajstić information content (AvgIpc) is 2.95. The third-order valence-corrected chi connectivity index (χ3v) is 6.14. The molecule has 0 N–H and O–H groups in total. The lowest BCUT2D eigenvalue weighted by atomic mass is 10.3. The van der Waals surface area contributed by atoms with Gasteiger partial charge in [-0.3, -0.25) is 10.1 Å². The highest BCUT2D eigenvalue weighted by Gasteiger charge is 2.16. The van der Waals surface area contributed by atoms with E-state index in [4.69, 9.17) is 4.74 Å². The van der Waals surface area contributed by atoms with Crippen LogP contribution in [0, 0.1) is 15.9 Å². The van der Waals surface area contributed by atoms with Crippen LogP contribution in [0.15, 0.2) is 51.8 Å². The number of benzene rings is 2. The Labute approximate surface area is 157 Å². The second-order valence-electron chi connectivity index (χ2n) is 5.46. The molecule has 0 unspecified atom stereocenters. The van der Waals surface area contributed by atoms with Gasteiger partial charge in [-0.2, -0.15) is 8.42 Å². The van der Waals surface area contributed by atoms with Crippen LogP contribution in [0.25, 0.3) is 10.2 Å². The van der Waals surface area contributed by atoms with Crippen LogP contribution in [-0.2, 0) is 21.3 Å². The first kappa shape index (κ1) is 19.1. The van der Waals surface area contributed by atoms with Crippen LogP contribution in [0.2, 0.25) is 0 Å². The van der Waals surface area contributed by atoms with Gasteiger partial charge >= 0.3 is 0 Å². The molecule has 0 saturated heterocycles. The van der Waals surface area contributed by atoms with E-state index in [0.29, 0.717) is 23.4 Å². The van der Waals surface area contributed by atoms with Crippen molar-refractivity contribution in [2.75, 3.05) is 13.7 Å². The first-order valence-electron chi connectivity index (χ1n) is 7.65.